The van der Waals surface area contributed by atoms with Gasteiger partial charge < -0.3 is 19.8 Å². The molecule has 2 atom stereocenters. The Kier molecular flexibility index (Phi) is 9.63. The van der Waals surface area contributed by atoms with Crippen LogP contribution < -0.4 is 10.1 Å². The molecule has 30 heavy (non-hydrogen) atoms. The van der Waals surface area contributed by atoms with Crippen molar-refractivity contribution in [3.05, 3.63) is 29.3 Å². The molecule has 1 saturated heterocycles. The number of hydrogen-bond donors (Lipinski definition) is 3. The zero-order valence-electron chi connectivity index (χ0n) is 17.2. The lowest BCUT2D eigenvalue weighted by Gasteiger charge is -2.18. The number of hydrogen-bond acceptors (Lipinski definition) is 4. The fraction of sp³-hybridized carbons (Fsp3) is 0.700. The average molecular weight is 453 g/mol. The normalized spacial score (nSPS) is 19.9. The molecule has 1 fully saturated rings. The maximum atomic E-state index is 13.5. The SMILES string of the molecule is CCCCCCCCc1ccc(O[C@@H]2CNC(COP(=O)(O)O)C2)cc1C(F)(F)F. The zero-order valence-corrected chi connectivity index (χ0v) is 18.1. The quantitative estimate of drug-likeness (QED) is 0.311. The number of nitrogens with one attached hydrogen (secondary N) is 1. The summed E-state index contributed by atoms with van der Waals surface area (Å²) in [5.74, 6) is 0.136. The number of ether oxygens (including phenoxy) is 1. The van der Waals surface area contributed by atoms with Gasteiger partial charge in [-0.2, -0.15) is 13.2 Å². The summed E-state index contributed by atoms with van der Waals surface area (Å²) in [5, 5.41) is 2.99. The molecule has 2 rings (SSSR count). The van der Waals surface area contributed by atoms with Crippen molar-refractivity contribution in [1.82, 2.24) is 5.32 Å². The predicted octanol–water partition coefficient (Wildman–Crippen LogP) is 4.83. The van der Waals surface area contributed by atoms with Crippen molar-refractivity contribution in [3.8, 4) is 5.75 Å². The number of benzene rings is 1. The molecular weight excluding hydrogens is 422 g/mol. The van der Waals surface area contributed by atoms with Crippen LogP contribution in [0.2, 0.25) is 0 Å². The molecule has 0 aliphatic carbocycles. The summed E-state index contributed by atoms with van der Waals surface area (Å²) >= 11 is 0. The Morgan fingerprint density at radius 2 is 1.87 bits per heavy atom. The third-order valence-electron chi connectivity index (χ3n) is 5.11. The molecule has 172 valence electrons. The van der Waals surface area contributed by atoms with Crippen LogP contribution in [0.1, 0.15) is 63.0 Å². The van der Waals surface area contributed by atoms with Crippen LogP contribution in [0.25, 0.3) is 0 Å². The van der Waals surface area contributed by atoms with Crippen LogP contribution in [-0.2, 0) is 21.7 Å². The largest absolute Gasteiger partial charge is 0.489 e. The third kappa shape index (κ3) is 8.94. The first kappa shape index (κ1) is 25.1. The number of halogens is 3. The Morgan fingerprint density at radius 3 is 2.53 bits per heavy atom. The maximum Gasteiger partial charge on any atom is 0.469 e. The highest BCUT2D eigenvalue weighted by molar-refractivity contribution is 7.46. The van der Waals surface area contributed by atoms with Crippen molar-refractivity contribution in [2.45, 2.75) is 76.6 Å². The number of phosphoric acid groups is 1. The Balaban J connectivity index is 1.92. The Bertz CT molecular complexity index is 710. The van der Waals surface area contributed by atoms with E-state index in [-0.39, 0.29) is 24.0 Å². The van der Waals surface area contributed by atoms with Gasteiger partial charge >= 0.3 is 14.0 Å². The Hall–Kier alpha value is -1.12. The summed E-state index contributed by atoms with van der Waals surface area (Å²) in [6.07, 6.45) is 1.99. The first-order valence-electron chi connectivity index (χ1n) is 10.4. The molecule has 0 spiro atoms. The summed E-state index contributed by atoms with van der Waals surface area (Å²) < 4.78 is 61.5. The second kappa shape index (κ2) is 11.5. The lowest BCUT2D eigenvalue weighted by molar-refractivity contribution is -0.138. The van der Waals surface area contributed by atoms with Gasteiger partial charge in [0.05, 0.1) is 12.2 Å². The lowest BCUT2D eigenvalue weighted by Crippen LogP contribution is -2.26. The number of aryl methyl sites for hydroxylation is 1. The van der Waals surface area contributed by atoms with E-state index in [4.69, 9.17) is 14.5 Å². The summed E-state index contributed by atoms with van der Waals surface area (Å²) in [6.45, 7) is 2.28. The summed E-state index contributed by atoms with van der Waals surface area (Å²) in [4.78, 5) is 17.5. The van der Waals surface area contributed by atoms with E-state index in [2.05, 4.69) is 16.8 Å². The molecule has 1 aromatic carbocycles. The van der Waals surface area contributed by atoms with Gasteiger partial charge in [0.15, 0.2) is 0 Å². The highest BCUT2D eigenvalue weighted by Gasteiger charge is 2.34. The van der Waals surface area contributed by atoms with Gasteiger partial charge in [0, 0.05) is 19.0 Å². The predicted molar refractivity (Wildman–Crippen MR) is 107 cm³/mol. The smallest absolute Gasteiger partial charge is 0.469 e. The van der Waals surface area contributed by atoms with Crippen LogP contribution >= 0.6 is 7.82 Å². The van der Waals surface area contributed by atoms with E-state index in [1.54, 1.807) is 6.07 Å². The van der Waals surface area contributed by atoms with Gasteiger partial charge in [0.1, 0.15) is 11.9 Å². The molecular formula is C20H31F3NO5P. The van der Waals surface area contributed by atoms with E-state index in [1.807, 2.05) is 0 Å². The van der Waals surface area contributed by atoms with Gasteiger partial charge in [0.2, 0.25) is 0 Å². The molecule has 1 heterocycles. The second-order valence-electron chi connectivity index (χ2n) is 7.70. The molecule has 6 nitrogen and oxygen atoms in total. The molecule has 0 aromatic heterocycles. The molecule has 0 radical (unpaired) electrons. The number of unbranched alkanes of at least 4 members (excludes halogenated alkanes) is 5. The standard InChI is InChI=1S/C20H31F3NO5P/c1-2-3-4-5-6-7-8-15-9-10-17(12-19(15)20(21,22)23)29-18-11-16(24-13-18)14-28-30(25,26)27/h9-10,12,16,18,24H,2-8,11,13-14H2,1H3,(H2,25,26,27)/t16?,18-/m0/s1. The monoisotopic (exact) mass is 453 g/mol. The second-order valence-corrected chi connectivity index (χ2v) is 8.94. The van der Waals surface area contributed by atoms with E-state index < -0.39 is 25.7 Å². The Labute approximate surface area is 175 Å². The fourth-order valence-corrected chi connectivity index (χ4v) is 3.96. The molecule has 0 amide bonds. The van der Waals surface area contributed by atoms with Crippen molar-refractivity contribution in [2.75, 3.05) is 13.2 Å². The first-order chi connectivity index (χ1) is 14.1. The Morgan fingerprint density at radius 1 is 1.17 bits per heavy atom. The maximum absolute atomic E-state index is 13.5. The topological polar surface area (TPSA) is 88.0 Å². The van der Waals surface area contributed by atoms with E-state index in [1.165, 1.54) is 6.07 Å². The van der Waals surface area contributed by atoms with Gasteiger partial charge in [-0.05, 0) is 30.5 Å². The fourth-order valence-electron chi connectivity index (χ4n) is 3.58. The molecule has 1 aliphatic heterocycles. The van der Waals surface area contributed by atoms with E-state index in [0.29, 0.717) is 19.4 Å². The minimum atomic E-state index is -4.56. The molecule has 1 aliphatic rings. The minimum absolute atomic E-state index is 0.136. The third-order valence-corrected chi connectivity index (χ3v) is 5.60. The van der Waals surface area contributed by atoms with Gasteiger partial charge in [-0.15, -0.1) is 0 Å². The van der Waals surface area contributed by atoms with Crippen molar-refractivity contribution in [2.24, 2.45) is 0 Å². The van der Waals surface area contributed by atoms with Crippen LogP contribution in [-0.4, -0.2) is 35.1 Å². The number of rotatable bonds is 12. The molecule has 0 saturated carbocycles. The lowest BCUT2D eigenvalue weighted by atomic mass is 9.99. The summed E-state index contributed by atoms with van der Waals surface area (Å²) in [5.41, 5.74) is -0.385. The molecule has 3 N–H and O–H groups in total. The minimum Gasteiger partial charge on any atom is -0.489 e. The first-order valence-corrected chi connectivity index (χ1v) is 11.9. The van der Waals surface area contributed by atoms with E-state index in [0.717, 1.165) is 44.6 Å². The van der Waals surface area contributed by atoms with E-state index in [9.17, 15) is 17.7 Å². The highest BCUT2D eigenvalue weighted by Crippen LogP contribution is 2.37. The van der Waals surface area contributed by atoms with Gasteiger partial charge in [-0.3, -0.25) is 4.52 Å². The van der Waals surface area contributed by atoms with Crippen LogP contribution in [0.4, 0.5) is 13.2 Å². The summed E-state index contributed by atoms with van der Waals surface area (Å²) in [7, 11) is -4.56. The molecule has 1 aromatic rings. The van der Waals surface area contributed by atoms with Gasteiger partial charge in [-0.25, -0.2) is 4.57 Å². The van der Waals surface area contributed by atoms with E-state index >= 15 is 0 Å². The van der Waals surface area contributed by atoms with Crippen molar-refractivity contribution >= 4 is 7.82 Å². The van der Waals surface area contributed by atoms with Crippen molar-refractivity contribution in [1.29, 1.82) is 0 Å². The van der Waals surface area contributed by atoms with Crippen molar-refractivity contribution < 1.29 is 36.8 Å². The molecule has 10 heteroatoms. The average Bonchev–Trinajstić information content (AvgIpc) is 3.10. The van der Waals surface area contributed by atoms with Gasteiger partial charge in [0.25, 0.3) is 0 Å². The van der Waals surface area contributed by atoms with Gasteiger partial charge in [-0.1, -0.05) is 45.1 Å². The van der Waals surface area contributed by atoms with Crippen LogP contribution in [0.5, 0.6) is 5.75 Å². The number of phosphoric ester groups is 1. The van der Waals surface area contributed by atoms with Crippen LogP contribution in [0.15, 0.2) is 18.2 Å². The zero-order chi connectivity index (χ0) is 22.2. The number of alkyl halides is 3. The summed E-state index contributed by atoms with van der Waals surface area (Å²) in [6, 6.07) is 3.75. The highest BCUT2D eigenvalue weighted by atomic mass is 31.2. The van der Waals surface area contributed by atoms with Crippen molar-refractivity contribution in [3.63, 3.8) is 0 Å². The van der Waals surface area contributed by atoms with Crippen LogP contribution in [0.3, 0.4) is 0 Å². The van der Waals surface area contributed by atoms with Crippen LogP contribution in [0, 0.1) is 0 Å². The molecule has 0 bridgehead atoms. The molecule has 1 unspecified atom stereocenters.